The summed E-state index contributed by atoms with van der Waals surface area (Å²) in [6.07, 6.45) is 1.30. The molecule has 164 valence electrons. The van der Waals surface area contributed by atoms with E-state index in [1.807, 2.05) is 24.3 Å². The molecule has 0 spiro atoms. The fourth-order valence-corrected chi connectivity index (χ4v) is 3.26. The van der Waals surface area contributed by atoms with E-state index in [0.717, 1.165) is 18.7 Å². The van der Waals surface area contributed by atoms with E-state index in [1.54, 1.807) is 13.0 Å². The van der Waals surface area contributed by atoms with Crippen LogP contribution < -0.4 is 33.8 Å². The highest BCUT2D eigenvalue weighted by atomic mass is 35.5. The Morgan fingerprint density at radius 1 is 1.00 bits per heavy atom. The Hall–Kier alpha value is -3.25. The van der Waals surface area contributed by atoms with Crippen LogP contribution in [0.15, 0.2) is 66.7 Å². The summed E-state index contributed by atoms with van der Waals surface area (Å²) in [5.41, 5.74) is 10.3. The number of aromatic amines is 1. The van der Waals surface area contributed by atoms with Crippen LogP contribution in [0.5, 0.6) is 0 Å². The van der Waals surface area contributed by atoms with Gasteiger partial charge >= 0.3 is 6.09 Å². The van der Waals surface area contributed by atoms with E-state index in [9.17, 15) is 4.79 Å². The van der Waals surface area contributed by atoms with Crippen LogP contribution in [0.4, 0.5) is 22.1 Å². The number of hydrogen-bond donors (Lipinski definition) is 3. The molecule has 1 heterocycles. The minimum absolute atomic E-state index is 0. The third-order valence-electron chi connectivity index (χ3n) is 4.89. The number of nitrogens with one attached hydrogen (secondary N) is 3. The smallest absolute Gasteiger partial charge is 0.411 e. The maximum absolute atomic E-state index is 11.6. The molecule has 0 fully saturated rings. The van der Waals surface area contributed by atoms with Crippen molar-refractivity contribution in [3.05, 3.63) is 83.4 Å². The molecule has 3 aromatic rings. The number of amides is 1. The topological polar surface area (TPSA) is 90.5 Å². The number of H-pyrrole nitrogens is 1. The molecule has 0 aliphatic heterocycles. The fraction of sp³-hybridized carbons (Fsp3) is 0.250. The minimum Gasteiger partial charge on any atom is -1.00 e. The molecule has 0 aliphatic rings. The summed E-state index contributed by atoms with van der Waals surface area (Å²) >= 11 is 0. The second kappa shape index (κ2) is 11.8. The predicted octanol–water partition coefficient (Wildman–Crippen LogP) is 1.61. The van der Waals surface area contributed by atoms with Gasteiger partial charge in [0.15, 0.2) is 0 Å². The van der Waals surface area contributed by atoms with Gasteiger partial charge in [-0.25, -0.2) is 9.78 Å². The Kier molecular flexibility index (Phi) is 9.15. The third kappa shape index (κ3) is 6.89. The summed E-state index contributed by atoms with van der Waals surface area (Å²) in [7, 11) is 0. The number of hydrogen-bond acceptors (Lipinski definition) is 4. The highest BCUT2D eigenvalue weighted by Gasteiger charge is 2.18. The van der Waals surface area contributed by atoms with E-state index in [1.165, 1.54) is 16.7 Å². The minimum atomic E-state index is -0.531. The van der Waals surface area contributed by atoms with Gasteiger partial charge < -0.3 is 22.9 Å². The molecule has 0 saturated heterocycles. The first-order valence-corrected chi connectivity index (χ1v) is 10.2. The van der Waals surface area contributed by atoms with Crippen molar-refractivity contribution in [1.82, 2.24) is 0 Å². The van der Waals surface area contributed by atoms with Gasteiger partial charge in [0.2, 0.25) is 11.6 Å². The van der Waals surface area contributed by atoms with Crippen LogP contribution in [0.1, 0.15) is 36.6 Å². The lowest BCUT2D eigenvalue weighted by molar-refractivity contribution is -0.342. The van der Waals surface area contributed by atoms with E-state index in [2.05, 4.69) is 58.9 Å². The van der Waals surface area contributed by atoms with Crippen LogP contribution in [0, 0.1) is 0 Å². The molecule has 0 aliphatic carbocycles. The number of aryl methyl sites for hydroxylation is 1. The molecule has 6 nitrogen and oxygen atoms in total. The van der Waals surface area contributed by atoms with Crippen molar-refractivity contribution in [2.75, 3.05) is 23.0 Å². The molecule has 0 saturated carbocycles. The Balaban J connectivity index is 0.00000341. The average Bonchev–Trinajstić information content (AvgIpc) is 2.76. The Morgan fingerprint density at radius 2 is 1.71 bits per heavy atom. The third-order valence-corrected chi connectivity index (χ3v) is 4.89. The number of pyridine rings is 1. The van der Waals surface area contributed by atoms with Gasteiger partial charge in [-0.3, -0.25) is 10.6 Å². The largest absolute Gasteiger partial charge is 1.00 e. The SMILES string of the molecule is CCOC(=O)Nc1ccc(NC(Cc2ccccc2)c2ccc(CC)cc2)[nH+]c1N.[Cl-]. The highest BCUT2D eigenvalue weighted by Crippen LogP contribution is 2.24. The average molecular weight is 441 g/mol. The van der Waals surface area contributed by atoms with Crippen LogP contribution >= 0.6 is 0 Å². The van der Waals surface area contributed by atoms with Crippen LogP contribution in [0.25, 0.3) is 0 Å². The Labute approximate surface area is 189 Å². The molecule has 0 radical (unpaired) electrons. The summed E-state index contributed by atoms with van der Waals surface area (Å²) in [6, 6.07) is 22.7. The number of aromatic nitrogens is 1. The quantitative estimate of drug-likeness (QED) is 0.496. The molecule has 5 N–H and O–H groups in total. The first-order chi connectivity index (χ1) is 14.6. The predicted molar refractivity (Wildman–Crippen MR) is 120 cm³/mol. The number of carbonyl (C=O) groups is 1. The molecule has 0 bridgehead atoms. The molecule has 31 heavy (non-hydrogen) atoms. The normalized spacial score (nSPS) is 11.2. The van der Waals surface area contributed by atoms with Crippen LogP contribution in [0.3, 0.4) is 0 Å². The number of anilines is 3. The number of nitrogens with two attached hydrogens (primary N) is 1. The Morgan fingerprint density at radius 3 is 2.32 bits per heavy atom. The van der Waals surface area contributed by atoms with Crippen molar-refractivity contribution >= 4 is 23.4 Å². The molecular weight excluding hydrogens is 412 g/mol. The molecule has 1 atom stereocenters. The van der Waals surface area contributed by atoms with E-state index >= 15 is 0 Å². The van der Waals surface area contributed by atoms with Gasteiger partial charge in [-0.2, -0.15) is 0 Å². The second-order valence-electron chi connectivity index (χ2n) is 7.03. The molecular formula is C24H29ClN4O2. The zero-order chi connectivity index (χ0) is 21.3. The summed E-state index contributed by atoms with van der Waals surface area (Å²) < 4.78 is 4.90. The van der Waals surface area contributed by atoms with Gasteiger partial charge in [-0.1, -0.05) is 61.5 Å². The zero-order valence-electron chi connectivity index (χ0n) is 17.8. The summed E-state index contributed by atoms with van der Waals surface area (Å²) in [5, 5.41) is 6.18. The standard InChI is InChI=1S/C24H28N4O2.ClH/c1-3-17-10-12-19(13-11-17)21(16-18-8-6-5-7-9-18)26-22-15-14-20(23(25)28-22)27-24(29)30-4-2;/h5-15,21H,3-4,16H2,1-2H3,(H,27,29)(H3,25,26,28);1H. The summed E-state index contributed by atoms with van der Waals surface area (Å²) in [5.74, 6) is 1.12. The number of ether oxygens (including phenoxy) is 1. The van der Waals surface area contributed by atoms with Crippen molar-refractivity contribution in [3.63, 3.8) is 0 Å². The zero-order valence-corrected chi connectivity index (χ0v) is 18.6. The molecule has 2 aromatic carbocycles. The molecule has 1 unspecified atom stereocenters. The second-order valence-corrected chi connectivity index (χ2v) is 7.03. The van der Waals surface area contributed by atoms with Gasteiger partial charge in [0, 0.05) is 12.5 Å². The van der Waals surface area contributed by atoms with Crippen molar-refractivity contribution in [2.45, 2.75) is 32.7 Å². The van der Waals surface area contributed by atoms with Crippen LogP contribution in [0.2, 0.25) is 0 Å². The van der Waals surface area contributed by atoms with Gasteiger partial charge in [0.25, 0.3) is 0 Å². The lowest BCUT2D eigenvalue weighted by atomic mass is 9.97. The summed E-state index contributed by atoms with van der Waals surface area (Å²) in [4.78, 5) is 14.8. The molecule has 3 rings (SSSR count). The van der Waals surface area contributed by atoms with Gasteiger partial charge in [0.05, 0.1) is 6.61 Å². The van der Waals surface area contributed by atoms with E-state index in [4.69, 9.17) is 10.5 Å². The highest BCUT2D eigenvalue weighted by molar-refractivity contribution is 5.87. The molecule has 1 amide bonds. The van der Waals surface area contributed by atoms with Crippen molar-refractivity contribution in [1.29, 1.82) is 0 Å². The van der Waals surface area contributed by atoms with Crippen molar-refractivity contribution < 1.29 is 26.9 Å². The summed E-state index contributed by atoms with van der Waals surface area (Å²) in [6.45, 7) is 4.20. The number of carbonyl (C=O) groups excluding carboxylic acids is 1. The maximum Gasteiger partial charge on any atom is 0.411 e. The van der Waals surface area contributed by atoms with Gasteiger partial charge in [-0.05, 0) is 36.1 Å². The van der Waals surface area contributed by atoms with Crippen molar-refractivity contribution in [3.8, 4) is 0 Å². The number of nitrogen functional groups attached to an aromatic ring is 1. The van der Waals surface area contributed by atoms with E-state index in [-0.39, 0.29) is 18.4 Å². The molecule has 1 aromatic heterocycles. The number of benzene rings is 2. The van der Waals surface area contributed by atoms with Crippen LogP contribution in [-0.2, 0) is 17.6 Å². The van der Waals surface area contributed by atoms with Gasteiger partial charge in [-0.15, -0.1) is 0 Å². The number of rotatable bonds is 8. The monoisotopic (exact) mass is 440 g/mol. The van der Waals surface area contributed by atoms with E-state index < -0.39 is 6.09 Å². The van der Waals surface area contributed by atoms with Crippen LogP contribution in [-0.4, -0.2) is 12.7 Å². The lowest BCUT2D eigenvalue weighted by Gasteiger charge is -2.18. The van der Waals surface area contributed by atoms with Crippen molar-refractivity contribution in [2.24, 2.45) is 0 Å². The first-order valence-electron chi connectivity index (χ1n) is 10.2. The fourth-order valence-electron chi connectivity index (χ4n) is 3.26. The molecule has 7 heteroatoms. The maximum atomic E-state index is 11.6. The number of halogens is 1. The first kappa shape index (κ1) is 24.0. The van der Waals surface area contributed by atoms with Gasteiger partial charge in [0.1, 0.15) is 11.7 Å². The van der Waals surface area contributed by atoms with E-state index in [0.29, 0.717) is 18.1 Å². The Bertz CT molecular complexity index is 965. The lowest BCUT2D eigenvalue weighted by Crippen LogP contribution is -3.00.